The van der Waals surface area contributed by atoms with E-state index in [1.54, 1.807) is 6.92 Å². The highest BCUT2D eigenvalue weighted by Gasteiger charge is 2.13. The summed E-state index contributed by atoms with van der Waals surface area (Å²) in [7, 11) is -2.78. The van der Waals surface area contributed by atoms with Crippen molar-refractivity contribution < 1.29 is 8.42 Å². The fourth-order valence-electron chi connectivity index (χ4n) is 1.60. The lowest BCUT2D eigenvalue weighted by Crippen LogP contribution is -2.34. The summed E-state index contributed by atoms with van der Waals surface area (Å²) in [5.74, 6) is 1.16. The molecule has 0 saturated carbocycles. The molecule has 0 bridgehead atoms. The quantitative estimate of drug-likeness (QED) is 0.698. The summed E-state index contributed by atoms with van der Waals surface area (Å²) in [5.41, 5.74) is 0. The van der Waals surface area contributed by atoms with Gasteiger partial charge >= 0.3 is 0 Å². The van der Waals surface area contributed by atoms with Gasteiger partial charge in [-0.25, -0.2) is 8.42 Å². The molecule has 1 N–H and O–H groups in total. The average molecular weight is 235 g/mol. The van der Waals surface area contributed by atoms with Crippen LogP contribution in [0.4, 0.5) is 0 Å². The molecule has 0 aliphatic rings. The Morgan fingerprint density at radius 3 is 2.20 bits per heavy atom. The molecule has 0 fully saturated rings. The third-order valence-corrected chi connectivity index (χ3v) is 4.47. The highest BCUT2D eigenvalue weighted by Crippen LogP contribution is 2.09. The number of sulfone groups is 1. The van der Waals surface area contributed by atoms with E-state index in [0.717, 1.165) is 19.4 Å². The fraction of sp³-hybridized carbons (Fsp3) is 1.00. The lowest BCUT2D eigenvalue weighted by molar-refractivity contribution is 0.382. The van der Waals surface area contributed by atoms with Crippen LogP contribution in [0.5, 0.6) is 0 Å². The van der Waals surface area contributed by atoms with Gasteiger partial charge in [0.15, 0.2) is 0 Å². The Labute approximate surface area is 94.6 Å². The number of hydrogen-bond acceptors (Lipinski definition) is 3. The lowest BCUT2D eigenvalue weighted by Gasteiger charge is -2.21. The van der Waals surface area contributed by atoms with Gasteiger partial charge in [0.2, 0.25) is 0 Å². The summed E-state index contributed by atoms with van der Waals surface area (Å²) in [5, 5.41) is 3.39. The van der Waals surface area contributed by atoms with Crippen molar-refractivity contribution in [3.63, 3.8) is 0 Å². The summed E-state index contributed by atoms with van der Waals surface area (Å²) in [6, 6.07) is 0.446. The van der Waals surface area contributed by atoms with Gasteiger partial charge in [-0.15, -0.1) is 0 Å². The van der Waals surface area contributed by atoms with Gasteiger partial charge in [-0.1, -0.05) is 27.7 Å². The van der Waals surface area contributed by atoms with Crippen LogP contribution in [0.15, 0.2) is 0 Å². The second-order valence-electron chi connectivity index (χ2n) is 4.29. The summed E-state index contributed by atoms with van der Waals surface area (Å²) < 4.78 is 22.6. The maximum atomic E-state index is 11.3. The highest BCUT2D eigenvalue weighted by atomic mass is 32.2. The van der Waals surface area contributed by atoms with E-state index in [1.165, 1.54) is 0 Å². The topological polar surface area (TPSA) is 46.2 Å². The van der Waals surface area contributed by atoms with Gasteiger partial charge in [-0.2, -0.15) is 0 Å². The van der Waals surface area contributed by atoms with Crippen molar-refractivity contribution in [1.82, 2.24) is 5.32 Å². The predicted octanol–water partition coefficient (Wildman–Crippen LogP) is 1.84. The zero-order valence-electron chi connectivity index (χ0n) is 10.4. The first kappa shape index (κ1) is 14.9. The third-order valence-electron chi connectivity index (χ3n) is 2.68. The number of nitrogens with one attached hydrogen (secondary N) is 1. The molecule has 0 radical (unpaired) electrons. The molecular formula is C11H25NO2S. The van der Waals surface area contributed by atoms with Gasteiger partial charge in [0, 0.05) is 11.8 Å². The van der Waals surface area contributed by atoms with Gasteiger partial charge in [0.25, 0.3) is 0 Å². The molecule has 3 nitrogen and oxygen atoms in total. The Kier molecular flexibility index (Phi) is 7.18. The molecule has 0 aliphatic carbocycles. The van der Waals surface area contributed by atoms with Crippen LogP contribution in [0, 0.1) is 5.92 Å². The van der Waals surface area contributed by atoms with Crippen molar-refractivity contribution >= 4 is 9.84 Å². The van der Waals surface area contributed by atoms with E-state index in [2.05, 4.69) is 26.1 Å². The van der Waals surface area contributed by atoms with E-state index in [0.29, 0.717) is 17.7 Å². The number of hydrogen-bond donors (Lipinski definition) is 1. The van der Waals surface area contributed by atoms with Crippen molar-refractivity contribution in [1.29, 1.82) is 0 Å². The molecule has 0 spiro atoms. The Morgan fingerprint density at radius 2 is 1.80 bits per heavy atom. The molecule has 15 heavy (non-hydrogen) atoms. The number of rotatable bonds is 8. The Balaban J connectivity index is 3.91. The van der Waals surface area contributed by atoms with Crippen molar-refractivity contribution in [3.05, 3.63) is 0 Å². The summed E-state index contributed by atoms with van der Waals surface area (Å²) >= 11 is 0. The SMILES string of the molecule is CCNC(CCCS(=O)(=O)CC)C(C)C. The fourth-order valence-corrected chi connectivity index (χ4v) is 2.50. The van der Waals surface area contributed by atoms with Gasteiger partial charge in [-0.05, 0) is 25.3 Å². The molecular weight excluding hydrogens is 210 g/mol. The van der Waals surface area contributed by atoms with E-state index >= 15 is 0 Å². The van der Waals surface area contributed by atoms with Gasteiger partial charge in [0.1, 0.15) is 9.84 Å². The third kappa shape index (κ3) is 6.90. The molecule has 4 heteroatoms. The van der Waals surface area contributed by atoms with Gasteiger partial charge in [0.05, 0.1) is 5.75 Å². The molecule has 0 aromatic rings. The monoisotopic (exact) mass is 235 g/mol. The summed E-state index contributed by atoms with van der Waals surface area (Å²) in [6.07, 6.45) is 1.72. The summed E-state index contributed by atoms with van der Waals surface area (Å²) in [4.78, 5) is 0. The predicted molar refractivity (Wildman–Crippen MR) is 65.9 cm³/mol. The Bertz CT molecular complexity index is 247. The molecule has 92 valence electrons. The normalized spacial score (nSPS) is 14.5. The van der Waals surface area contributed by atoms with Crippen LogP contribution in [0.1, 0.15) is 40.5 Å². The van der Waals surface area contributed by atoms with Crippen LogP contribution in [0.25, 0.3) is 0 Å². The minimum Gasteiger partial charge on any atom is -0.314 e. The minimum atomic E-state index is -2.78. The van der Waals surface area contributed by atoms with Crippen molar-refractivity contribution in [2.75, 3.05) is 18.1 Å². The largest absolute Gasteiger partial charge is 0.314 e. The molecule has 1 atom stereocenters. The first-order valence-corrected chi connectivity index (χ1v) is 7.68. The van der Waals surface area contributed by atoms with Crippen LogP contribution < -0.4 is 5.32 Å². The van der Waals surface area contributed by atoms with Crippen LogP contribution in [0.3, 0.4) is 0 Å². The second-order valence-corrected chi connectivity index (χ2v) is 6.76. The van der Waals surface area contributed by atoms with Gasteiger partial charge < -0.3 is 5.32 Å². The minimum absolute atomic E-state index is 0.264. The molecule has 0 aromatic heterocycles. The van der Waals surface area contributed by atoms with Crippen molar-refractivity contribution in [2.24, 2.45) is 5.92 Å². The van der Waals surface area contributed by atoms with Crippen LogP contribution in [-0.4, -0.2) is 32.5 Å². The zero-order valence-corrected chi connectivity index (χ0v) is 11.2. The maximum absolute atomic E-state index is 11.3. The molecule has 0 aromatic carbocycles. The Hall–Kier alpha value is -0.0900. The average Bonchev–Trinajstić information content (AvgIpc) is 2.16. The van der Waals surface area contributed by atoms with Crippen LogP contribution >= 0.6 is 0 Å². The van der Waals surface area contributed by atoms with E-state index in [4.69, 9.17) is 0 Å². The first-order chi connectivity index (χ1) is 6.93. The van der Waals surface area contributed by atoms with Crippen molar-refractivity contribution in [2.45, 2.75) is 46.6 Å². The van der Waals surface area contributed by atoms with E-state index in [1.807, 2.05) is 0 Å². The second kappa shape index (κ2) is 7.23. The van der Waals surface area contributed by atoms with E-state index in [9.17, 15) is 8.42 Å². The molecule has 0 heterocycles. The molecule has 0 rings (SSSR count). The van der Waals surface area contributed by atoms with E-state index in [-0.39, 0.29) is 5.75 Å². The zero-order chi connectivity index (χ0) is 11.9. The molecule has 0 amide bonds. The van der Waals surface area contributed by atoms with Crippen LogP contribution in [0.2, 0.25) is 0 Å². The van der Waals surface area contributed by atoms with E-state index < -0.39 is 9.84 Å². The smallest absolute Gasteiger partial charge is 0.150 e. The maximum Gasteiger partial charge on any atom is 0.150 e. The standard InChI is InChI=1S/C11H25NO2S/c1-5-12-11(10(3)4)8-7-9-15(13,14)6-2/h10-12H,5-9H2,1-4H3. The summed E-state index contributed by atoms with van der Waals surface area (Å²) in [6.45, 7) is 9.07. The van der Waals surface area contributed by atoms with Crippen LogP contribution in [-0.2, 0) is 9.84 Å². The highest BCUT2D eigenvalue weighted by molar-refractivity contribution is 7.91. The molecule has 0 aliphatic heterocycles. The van der Waals surface area contributed by atoms with Crippen molar-refractivity contribution in [3.8, 4) is 0 Å². The van der Waals surface area contributed by atoms with Gasteiger partial charge in [-0.3, -0.25) is 0 Å². The lowest BCUT2D eigenvalue weighted by atomic mass is 10.00. The molecule has 0 saturated heterocycles. The first-order valence-electron chi connectivity index (χ1n) is 5.86. The Morgan fingerprint density at radius 1 is 1.20 bits per heavy atom. The molecule has 1 unspecified atom stereocenters.